The number of aromatic nitrogens is 2. The molecule has 1 aromatic heterocycles. The van der Waals surface area contributed by atoms with Crippen LogP contribution in [-0.2, 0) is 17.9 Å². The standard InChI is InChI=1S/C22H25N3O2/c1-16-6-4-7-18(14-16)27-13-5-12-25-20-9-3-2-8-19(20)24-21(25)15-23-22(26)17-10-11-17/h2-4,6-9,14,17H,5,10-13,15H2,1H3,(H,23,26). The molecule has 1 saturated carbocycles. The van der Waals surface area contributed by atoms with E-state index in [4.69, 9.17) is 9.72 Å². The molecule has 4 rings (SSSR count). The molecule has 1 aliphatic carbocycles. The van der Waals surface area contributed by atoms with Gasteiger partial charge in [-0.15, -0.1) is 0 Å². The maximum Gasteiger partial charge on any atom is 0.223 e. The normalized spacial score (nSPS) is 13.7. The van der Waals surface area contributed by atoms with Gasteiger partial charge in [-0.2, -0.15) is 0 Å². The van der Waals surface area contributed by atoms with Crippen LogP contribution in [0.4, 0.5) is 0 Å². The summed E-state index contributed by atoms with van der Waals surface area (Å²) in [5.41, 5.74) is 3.26. The zero-order valence-corrected chi connectivity index (χ0v) is 15.6. The lowest BCUT2D eigenvalue weighted by atomic mass is 10.2. The summed E-state index contributed by atoms with van der Waals surface area (Å²) in [6.07, 6.45) is 2.90. The van der Waals surface area contributed by atoms with Crippen LogP contribution in [0, 0.1) is 12.8 Å². The maximum atomic E-state index is 12.0. The number of nitrogens with one attached hydrogen (secondary N) is 1. The van der Waals surface area contributed by atoms with E-state index >= 15 is 0 Å². The summed E-state index contributed by atoms with van der Waals surface area (Å²) >= 11 is 0. The second kappa shape index (κ2) is 7.82. The van der Waals surface area contributed by atoms with E-state index in [1.165, 1.54) is 5.56 Å². The number of amides is 1. The van der Waals surface area contributed by atoms with Crippen LogP contribution in [0.5, 0.6) is 5.75 Å². The monoisotopic (exact) mass is 363 g/mol. The second-order valence-corrected chi connectivity index (χ2v) is 7.18. The Morgan fingerprint density at radius 2 is 2.07 bits per heavy atom. The summed E-state index contributed by atoms with van der Waals surface area (Å²) < 4.78 is 8.07. The highest BCUT2D eigenvalue weighted by atomic mass is 16.5. The lowest BCUT2D eigenvalue weighted by Crippen LogP contribution is -2.26. The highest BCUT2D eigenvalue weighted by molar-refractivity contribution is 5.81. The van der Waals surface area contributed by atoms with Gasteiger partial charge in [-0.1, -0.05) is 24.3 Å². The quantitative estimate of drug-likeness (QED) is 0.619. The number of hydrogen-bond donors (Lipinski definition) is 1. The van der Waals surface area contributed by atoms with Gasteiger partial charge in [-0.05, 0) is 56.0 Å². The van der Waals surface area contributed by atoms with E-state index in [2.05, 4.69) is 28.9 Å². The summed E-state index contributed by atoms with van der Waals surface area (Å²) in [5, 5.41) is 3.03. The summed E-state index contributed by atoms with van der Waals surface area (Å²) in [6, 6.07) is 16.2. The Morgan fingerprint density at radius 3 is 2.89 bits per heavy atom. The molecule has 0 aliphatic heterocycles. The molecule has 0 atom stereocenters. The Morgan fingerprint density at radius 1 is 1.22 bits per heavy atom. The summed E-state index contributed by atoms with van der Waals surface area (Å²) in [6.45, 7) is 3.99. The van der Waals surface area contributed by atoms with E-state index in [0.29, 0.717) is 13.2 Å². The zero-order valence-electron chi connectivity index (χ0n) is 15.6. The molecule has 2 aromatic carbocycles. The smallest absolute Gasteiger partial charge is 0.223 e. The lowest BCUT2D eigenvalue weighted by molar-refractivity contribution is -0.122. The van der Waals surface area contributed by atoms with E-state index in [0.717, 1.165) is 48.4 Å². The van der Waals surface area contributed by atoms with E-state index < -0.39 is 0 Å². The molecule has 5 heteroatoms. The Kier molecular flexibility index (Phi) is 5.10. The van der Waals surface area contributed by atoms with Crippen molar-refractivity contribution in [2.45, 2.75) is 39.3 Å². The van der Waals surface area contributed by atoms with Crippen molar-refractivity contribution in [2.24, 2.45) is 5.92 Å². The van der Waals surface area contributed by atoms with Crippen molar-refractivity contribution >= 4 is 16.9 Å². The van der Waals surface area contributed by atoms with Gasteiger partial charge in [-0.25, -0.2) is 4.98 Å². The average Bonchev–Trinajstić information content (AvgIpc) is 3.46. The Bertz CT molecular complexity index is 944. The number of para-hydroxylation sites is 2. The predicted octanol–water partition coefficient (Wildman–Crippen LogP) is 3.84. The average molecular weight is 363 g/mol. The van der Waals surface area contributed by atoms with Gasteiger partial charge in [0.2, 0.25) is 5.91 Å². The molecule has 0 radical (unpaired) electrons. The Balaban J connectivity index is 1.41. The molecule has 1 amide bonds. The highest BCUT2D eigenvalue weighted by Crippen LogP contribution is 2.29. The van der Waals surface area contributed by atoms with E-state index in [-0.39, 0.29) is 11.8 Å². The molecule has 27 heavy (non-hydrogen) atoms. The predicted molar refractivity (Wildman–Crippen MR) is 106 cm³/mol. The number of benzene rings is 2. The molecule has 0 unspecified atom stereocenters. The van der Waals surface area contributed by atoms with Gasteiger partial charge in [0, 0.05) is 12.5 Å². The molecule has 1 N–H and O–H groups in total. The van der Waals surface area contributed by atoms with Crippen LogP contribution in [0.3, 0.4) is 0 Å². The van der Waals surface area contributed by atoms with Crippen LogP contribution < -0.4 is 10.1 Å². The van der Waals surface area contributed by atoms with Gasteiger partial charge >= 0.3 is 0 Å². The van der Waals surface area contributed by atoms with Crippen molar-refractivity contribution < 1.29 is 9.53 Å². The van der Waals surface area contributed by atoms with Crippen molar-refractivity contribution in [1.29, 1.82) is 0 Å². The van der Waals surface area contributed by atoms with E-state index in [1.807, 2.05) is 36.4 Å². The number of ether oxygens (including phenoxy) is 1. The van der Waals surface area contributed by atoms with Crippen LogP contribution in [0.1, 0.15) is 30.7 Å². The number of aryl methyl sites for hydroxylation is 2. The topological polar surface area (TPSA) is 56.1 Å². The summed E-state index contributed by atoms with van der Waals surface area (Å²) in [4.78, 5) is 16.7. The molecule has 1 aliphatic rings. The third-order valence-electron chi connectivity index (χ3n) is 4.89. The van der Waals surface area contributed by atoms with Crippen LogP contribution >= 0.6 is 0 Å². The minimum absolute atomic E-state index is 0.149. The number of fused-ring (bicyclic) bond motifs is 1. The molecule has 5 nitrogen and oxygen atoms in total. The van der Waals surface area contributed by atoms with Crippen molar-refractivity contribution in [1.82, 2.24) is 14.9 Å². The van der Waals surface area contributed by atoms with Gasteiger partial charge in [0.15, 0.2) is 0 Å². The molecule has 1 heterocycles. The SMILES string of the molecule is Cc1cccc(OCCCn2c(CNC(=O)C3CC3)nc3ccccc32)c1. The fraction of sp³-hybridized carbons (Fsp3) is 0.364. The molecule has 140 valence electrons. The van der Waals surface area contributed by atoms with Crippen molar-refractivity contribution in [3.05, 3.63) is 59.9 Å². The van der Waals surface area contributed by atoms with E-state index in [1.54, 1.807) is 0 Å². The highest BCUT2D eigenvalue weighted by Gasteiger charge is 2.29. The number of carbonyl (C=O) groups excluding carboxylic acids is 1. The number of hydrogen-bond acceptors (Lipinski definition) is 3. The fourth-order valence-corrected chi connectivity index (χ4v) is 3.28. The van der Waals surface area contributed by atoms with Crippen molar-refractivity contribution in [2.75, 3.05) is 6.61 Å². The van der Waals surface area contributed by atoms with Crippen LogP contribution in [0.25, 0.3) is 11.0 Å². The van der Waals surface area contributed by atoms with Gasteiger partial charge in [0.1, 0.15) is 11.6 Å². The van der Waals surface area contributed by atoms with Gasteiger partial charge in [0.25, 0.3) is 0 Å². The third kappa shape index (κ3) is 4.30. The Hall–Kier alpha value is -2.82. The molecular weight excluding hydrogens is 338 g/mol. The number of rotatable bonds is 8. The lowest BCUT2D eigenvalue weighted by Gasteiger charge is -2.11. The number of imidazole rings is 1. The number of carbonyl (C=O) groups is 1. The third-order valence-corrected chi connectivity index (χ3v) is 4.89. The summed E-state index contributed by atoms with van der Waals surface area (Å²) in [7, 11) is 0. The van der Waals surface area contributed by atoms with Crippen molar-refractivity contribution in [3.8, 4) is 5.75 Å². The van der Waals surface area contributed by atoms with Gasteiger partial charge in [0.05, 0.1) is 24.2 Å². The van der Waals surface area contributed by atoms with Crippen LogP contribution in [0.2, 0.25) is 0 Å². The van der Waals surface area contributed by atoms with E-state index in [9.17, 15) is 4.79 Å². The second-order valence-electron chi connectivity index (χ2n) is 7.18. The molecule has 3 aromatic rings. The molecule has 0 bridgehead atoms. The van der Waals surface area contributed by atoms with Crippen LogP contribution in [-0.4, -0.2) is 22.1 Å². The van der Waals surface area contributed by atoms with Gasteiger partial charge in [-0.3, -0.25) is 4.79 Å². The first-order valence-electron chi connectivity index (χ1n) is 9.62. The zero-order chi connectivity index (χ0) is 18.6. The van der Waals surface area contributed by atoms with Crippen LogP contribution in [0.15, 0.2) is 48.5 Å². The minimum Gasteiger partial charge on any atom is -0.494 e. The molecule has 0 saturated heterocycles. The number of nitrogens with zero attached hydrogens (tertiary/aromatic N) is 2. The largest absolute Gasteiger partial charge is 0.494 e. The van der Waals surface area contributed by atoms with Gasteiger partial charge < -0.3 is 14.6 Å². The van der Waals surface area contributed by atoms with Crippen molar-refractivity contribution in [3.63, 3.8) is 0 Å². The first kappa shape index (κ1) is 17.6. The Labute approximate surface area is 159 Å². The first-order valence-corrected chi connectivity index (χ1v) is 9.62. The first-order chi connectivity index (χ1) is 13.2. The molecular formula is C22H25N3O2. The molecule has 0 spiro atoms. The maximum absolute atomic E-state index is 12.0. The fourth-order valence-electron chi connectivity index (χ4n) is 3.28. The minimum atomic E-state index is 0.149. The summed E-state index contributed by atoms with van der Waals surface area (Å²) in [5.74, 6) is 2.17. The molecule has 1 fully saturated rings.